The number of nitrogens with zero attached hydrogens (tertiary/aromatic N) is 2. The van der Waals surface area contributed by atoms with E-state index in [9.17, 15) is 0 Å². The number of rotatable bonds is 8. The van der Waals surface area contributed by atoms with Gasteiger partial charge in [0.1, 0.15) is 0 Å². The predicted molar refractivity (Wildman–Crippen MR) is 288 cm³/mol. The standard InChI is InChI=1S/C66H44N2/c1-5-18-45(19-6-1)53-37-54(46-20-7-2-8-21-46)40-57(39-53)67-63-30-15-13-28-59(63)61-43-51(32-34-65(61)67)49-26-17-27-50(36-49)52-33-35-66-62(44-52)60-29-14-16-31-64(60)68(66)58-41-55(47-22-9-3-10-23-47)38-56(42-58)48-24-11-4-12-25-48/h1-44H. The van der Waals surface area contributed by atoms with Crippen LogP contribution in [0.25, 0.3) is 122 Å². The van der Waals surface area contributed by atoms with Gasteiger partial charge in [0.15, 0.2) is 0 Å². The Labute approximate surface area is 395 Å². The first-order valence-corrected chi connectivity index (χ1v) is 23.4. The maximum Gasteiger partial charge on any atom is 0.0541 e. The van der Waals surface area contributed by atoms with E-state index in [1.54, 1.807) is 0 Å². The molecule has 0 unspecified atom stereocenters. The fourth-order valence-corrected chi connectivity index (χ4v) is 10.4. The Morgan fingerprint density at radius 1 is 0.162 bits per heavy atom. The van der Waals surface area contributed by atoms with Crippen LogP contribution in [0.4, 0.5) is 0 Å². The third-order valence-electron chi connectivity index (χ3n) is 13.7. The molecule has 2 heteroatoms. The smallest absolute Gasteiger partial charge is 0.0541 e. The van der Waals surface area contributed by atoms with Gasteiger partial charge in [-0.1, -0.05) is 188 Å². The zero-order chi connectivity index (χ0) is 45.0. The van der Waals surface area contributed by atoms with Crippen molar-refractivity contribution in [1.82, 2.24) is 9.13 Å². The normalized spacial score (nSPS) is 11.5. The van der Waals surface area contributed by atoms with Crippen molar-refractivity contribution in [3.8, 4) is 78.1 Å². The molecular formula is C66H44N2. The van der Waals surface area contributed by atoms with Crippen LogP contribution in [-0.4, -0.2) is 9.13 Å². The lowest BCUT2D eigenvalue weighted by Gasteiger charge is -2.14. The zero-order valence-corrected chi connectivity index (χ0v) is 37.3. The number of benzene rings is 11. The molecule has 0 radical (unpaired) electrons. The van der Waals surface area contributed by atoms with E-state index >= 15 is 0 Å². The van der Waals surface area contributed by atoms with Crippen molar-refractivity contribution in [2.24, 2.45) is 0 Å². The minimum Gasteiger partial charge on any atom is -0.309 e. The first-order chi connectivity index (χ1) is 33.7. The van der Waals surface area contributed by atoms with Gasteiger partial charge in [0.05, 0.1) is 22.1 Å². The van der Waals surface area contributed by atoms with Gasteiger partial charge < -0.3 is 9.13 Å². The summed E-state index contributed by atoms with van der Waals surface area (Å²) in [7, 11) is 0. The summed E-state index contributed by atoms with van der Waals surface area (Å²) in [6.07, 6.45) is 0. The molecule has 2 aromatic heterocycles. The molecule has 0 bridgehead atoms. The van der Waals surface area contributed by atoms with E-state index in [1.807, 2.05) is 0 Å². The van der Waals surface area contributed by atoms with Gasteiger partial charge >= 0.3 is 0 Å². The van der Waals surface area contributed by atoms with Crippen molar-refractivity contribution < 1.29 is 0 Å². The van der Waals surface area contributed by atoms with Gasteiger partial charge in [-0.05, 0) is 146 Å². The van der Waals surface area contributed by atoms with Crippen LogP contribution < -0.4 is 0 Å². The molecule has 0 amide bonds. The minimum atomic E-state index is 1.14. The third kappa shape index (κ3) is 6.90. The molecule has 0 fully saturated rings. The summed E-state index contributed by atoms with van der Waals surface area (Å²) in [5.41, 5.74) is 21.4. The molecule has 0 saturated carbocycles. The molecule has 13 rings (SSSR count). The average Bonchev–Trinajstić information content (AvgIpc) is 3.94. The molecule has 68 heavy (non-hydrogen) atoms. The van der Waals surface area contributed by atoms with Gasteiger partial charge in [-0.25, -0.2) is 0 Å². The second-order valence-electron chi connectivity index (χ2n) is 17.8. The monoisotopic (exact) mass is 864 g/mol. The lowest BCUT2D eigenvalue weighted by Crippen LogP contribution is -1.96. The van der Waals surface area contributed by atoms with Gasteiger partial charge in [0.2, 0.25) is 0 Å². The Morgan fingerprint density at radius 2 is 0.441 bits per heavy atom. The van der Waals surface area contributed by atoms with Crippen LogP contribution in [0.15, 0.2) is 267 Å². The van der Waals surface area contributed by atoms with Crippen LogP contribution in [0.1, 0.15) is 0 Å². The number of hydrogen-bond donors (Lipinski definition) is 0. The Balaban J connectivity index is 0.918. The van der Waals surface area contributed by atoms with Crippen molar-refractivity contribution in [3.05, 3.63) is 267 Å². The first-order valence-electron chi connectivity index (χ1n) is 23.4. The molecule has 2 nitrogen and oxygen atoms in total. The summed E-state index contributed by atoms with van der Waals surface area (Å²) in [5, 5.41) is 4.93. The summed E-state index contributed by atoms with van der Waals surface area (Å²) >= 11 is 0. The lowest BCUT2D eigenvalue weighted by molar-refractivity contribution is 1.18. The Kier molecular flexibility index (Phi) is 9.54. The fourth-order valence-electron chi connectivity index (χ4n) is 10.4. The molecule has 0 aliphatic rings. The maximum absolute atomic E-state index is 2.44. The highest BCUT2D eigenvalue weighted by molar-refractivity contribution is 6.12. The van der Waals surface area contributed by atoms with Crippen LogP contribution in [0, 0.1) is 0 Å². The molecule has 0 saturated heterocycles. The molecule has 0 N–H and O–H groups in total. The maximum atomic E-state index is 2.44. The van der Waals surface area contributed by atoms with E-state index in [-0.39, 0.29) is 0 Å². The van der Waals surface area contributed by atoms with E-state index in [1.165, 1.54) is 110 Å². The summed E-state index contributed by atoms with van der Waals surface area (Å²) in [4.78, 5) is 0. The van der Waals surface area contributed by atoms with Gasteiger partial charge in [0, 0.05) is 32.9 Å². The van der Waals surface area contributed by atoms with E-state index in [2.05, 4.69) is 276 Å². The Morgan fingerprint density at radius 3 is 0.809 bits per heavy atom. The fraction of sp³-hybridized carbons (Fsp3) is 0. The predicted octanol–water partition coefficient (Wildman–Crippen LogP) is 17.9. The largest absolute Gasteiger partial charge is 0.309 e. The van der Waals surface area contributed by atoms with Crippen LogP contribution in [-0.2, 0) is 0 Å². The van der Waals surface area contributed by atoms with E-state index in [0.29, 0.717) is 0 Å². The summed E-state index contributed by atoms with van der Waals surface area (Å²) < 4.78 is 4.88. The minimum absolute atomic E-state index is 1.14. The number of aromatic nitrogens is 2. The zero-order valence-electron chi connectivity index (χ0n) is 37.3. The van der Waals surface area contributed by atoms with Crippen LogP contribution >= 0.6 is 0 Å². The van der Waals surface area contributed by atoms with Gasteiger partial charge in [-0.15, -0.1) is 0 Å². The first kappa shape index (κ1) is 39.4. The molecule has 0 aliphatic heterocycles. The average molecular weight is 865 g/mol. The molecule has 0 aliphatic carbocycles. The highest BCUT2D eigenvalue weighted by Gasteiger charge is 2.18. The highest BCUT2D eigenvalue weighted by atomic mass is 15.0. The van der Waals surface area contributed by atoms with E-state index < -0.39 is 0 Å². The van der Waals surface area contributed by atoms with E-state index in [0.717, 1.165) is 11.4 Å². The number of fused-ring (bicyclic) bond motifs is 6. The molecular weight excluding hydrogens is 821 g/mol. The van der Waals surface area contributed by atoms with Gasteiger partial charge in [-0.3, -0.25) is 0 Å². The van der Waals surface area contributed by atoms with Crippen molar-refractivity contribution in [3.63, 3.8) is 0 Å². The van der Waals surface area contributed by atoms with E-state index in [4.69, 9.17) is 0 Å². The molecule has 11 aromatic carbocycles. The van der Waals surface area contributed by atoms with Crippen molar-refractivity contribution in [2.75, 3.05) is 0 Å². The molecule has 2 heterocycles. The molecule has 13 aromatic rings. The van der Waals surface area contributed by atoms with Crippen molar-refractivity contribution in [1.29, 1.82) is 0 Å². The van der Waals surface area contributed by atoms with Crippen LogP contribution in [0.2, 0.25) is 0 Å². The summed E-state index contributed by atoms with van der Waals surface area (Å²) in [5.74, 6) is 0. The van der Waals surface area contributed by atoms with Crippen LogP contribution in [0.3, 0.4) is 0 Å². The van der Waals surface area contributed by atoms with Crippen molar-refractivity contribution >= 4 is 43.6 Å². The summed E-state index contributed by atoms with van der Waals surface area (Å²) in [6, 6.07) is 97.5. The second-order valence-corrected chi connectivity index (χ2v) is 17.8. The molecule has 318 valence electrons. The van der Waals surface area contributed by atoms with Gasteiger partial charge in [0.25, 0.3) is 0 Å². The highest BCUT2D eigenvalue weighted by Crippen LogP contribution is 2.41. The lowest BCUT2D eigenvalue weighted by atomic mass is 9.97. The number of hydrogen-bond acceptors (Lipinski definition) is 0. The number of para-hydroxylation sites is 2. The molecule has 0 spiro atoms. The van der Waals surface area contributed by atoms with Gasteiger partial charge in [-0.2, -0.15) is 0 Å². The SMILES string of the molecule is c1ccc(-c2cc(-c3ccccc3)cc(-n3c4ccccc4c4cc(-c5cccc(-c6ccc7c(c6)c6ccccc6n7-c6cc(-c7ccccc7)cc(-c7ccccc7)c6)c5)ccc43)c2)cc1. The Hall–Kier alpha value is -8.98. The third-order valence-corrected chi connectivity index (χ3v) is 13.7. The van der Waals surface area contributed by atoms with Crippen molar-refractivity contribution in [2.45, 2.75) is 0 Å². The quantitative estimate of drug-likeness (QED) is 0.144. The van der Waals surface area contributed by atoms with Crippen LogP contribution in [0.5, 0.6) is 0 Å². The topological polar surface area (TPSA) is 9.86 Å². The second kappa shape index (κ2) is 16.5. The Bertz CT molecular complexity index is 3620. The molecule has 0 atom stereocenters. The summed E-state index contributed by atoms with van der Waals surface area (Å²) in [6.45, 7) is 0.